The van der Waals surface area contributed by atoms with Gasteiger partial charge in [-0.3, -0.25) is 0 Å². The molecule has 4 heteroatoms. The Balaban J connectivity index is 2.34. The van der Waals surface area contributed by atoms with Gasteiger partial charge in [-0.05, 0) is 34.7 Å². The zero-order valence-electron chi connectivity index (χ0n) is 7.21. The number of rotatable bonds is 2. The molecule has 0 amide bonds. The molecule has 0 N–H and O–H groups in total. The highest BCUT2D eigenvalue weighted by Gasteiger charge is 2.04. The SMILES string of the molecule is BrCc1cc(-c2ccc(I)cc2)no1. The second kappa shape index (κ2) is 4.44. The molecule has 2 rings (SSSR count). The number of hydrogen-bond donors (Lipinski definition) is 0. The molecule has 1 heterocycles. The molecule has 0 unspecified atom stereocenters. The lowest BCUT2D eigenvalue weighted by molar-refractivity contribution is 0.398. The average Bonchev–Trinajstić information content (AvgIpc) is 2.67. The summed E-state index contributed by atoms with van der Waals surface area (Å²) in [7, 11) is 0. The predicted octanol–water partition coefficient (Wildman–Crippen LogP) is 3.84. The van der Waals surface area contributed by atoms with Crippen molar-refractivity contribution < 1.29 is 4.52 Å². The molecule has 2 nitrogen and oxygen atoms in total. The van der Waals surface area contributed by atoms with Crippen molar-refractivity contribution in [2.75, 3.05) is 0 Å². The van der Waals surface area contributed by atoms with E-state index in [4.69, 9.17) is 4.52 Å². The van der Waals surface area contributed by atoms with Crippen LogP contribution in [0.15, 0.2) is 34.9 Å². The fourth-order valence-corrected chi connectivity index (χ4v) is 1.76. The largest absolute Gasteiger partial charge is 0.360 e. The summed E-state index contributed by atoms with van der Waals surface area (Å²) in [6.07, 6.45) is 0. The summed E-state index contributed by atoms with van der Waals surface area (Å²) in [5, 5.41) is 4.68. The van der Waals surface area contributed by atoms with Crippen molar-refractivity contribution in [2.45, 2.75) is 5.33 Å². The first-order chi connectivity index (χ1) is 6.79. The number of nitrogens with zero attached hydrogens (tertiary/aromatic N) is 1. The molecular weight excluding hydrogens is 357 g/mol. The van der Waals surface area contributed by atoms with Crippen molar-refractivity contribution in [3.05, 3.63) is 39.7 Å². The van der Waals surface area contributed by atoms with Gasteiger partial charge < -0.3 is 4.52 Å². The van der Waals surface area contributed by atoms with Gasteiger partial charge in [-0.2, -0.15) is 0 Å². The van der Waals surface area contributed by atoms with Crippen LogP contribution in [0.2, 0.25) is 0 Å². The zero-order valence-corrected chi connectivity index (χ0v) is 10.9. The maximum absolute atomic E-state index is 5.10. The molecule has 1 aromatic heterocycles. The number of alkyl halides is 1. The van der Waals surface area contributed by atoms with Crippen LogP contribution >= 0.6 is 38.5 Å². The van der Waals surface area contributed by atoms with Crippen molar-refractivity contribution in [1.29, 1.82) is 0 Å². The molecule has 0 spiro atoms. The summed E-state index contributed by atoms with van der Waals surface area (Å²) in [6, 6.07) is 10.1. The normalized spacial score (nSPS) is 10.4. The van der Waals surface area contributed by atoms with Gasteiger partial charge in [0.15, 0.2) is 0 Å². The fraction of sp³-hybridized carbons (Fsp3) is 0.100. The molecular formula is C10H7BrINO. The fourth-order valence-electron chi connectivity index (χ4n) is 1.13. The second-order valence-corrected chi connectivity index (χ2v) is 4.63. The Morgan fingerprint density at radius 2 is 2.00 bits per heavy atom. The highest BCUT2D eigenvalue weighted by atomic mass is 127. The maximum atomic E-state index is 5.10. The van der Waals surface area contributed by atoms with Crippen LogP contribution in [0.1, 0.15) is 5.76 Å². The Hall–Kier alpha value is -0.360. The Morgan fingerprint density at radius 1 is 1.29 bits per heavy atom. The first-order valence-electron chi connectivity index (χ1n) is 4.07. The molecule has 0 aliphatic rings. The van der Waals surface area contributed by atoms with E-state index in [2.05, 4.69) is 55.8 Å². The summed E-state index contributed by atoms with van der Waals surface area (Å²) in [5.41, 5.74) is 1.97. The molecule has 0 saturated carbocycles. The highest BCUT2D eigenvalue weighted by Crippen LogP contribution is 2.21. The molecule has 0 saturated heterocycles. The van der Waals surface area contributed by atoms with Gasteiger partial charge in [0.2, 0.25) is 0 Å². The van der Waals surface area contributed by atoms with Crippen molar-refractivity contribution >= 4 is 38.5 Å². The Bertz CT molecular complexity index is 424. The van der Waals surface area contributed by atoms with Crippen LogP contribution in [0.5, 0.6) is 0 Å². The van der Waals surface area contributed by atoms with E-state index in [0.717, 1.165) is 17.0 Å². The van der Waals surface area contributed by atoms with Crippen molar-refractivity contribution in [3.8, 4) is 11.3 Å². The van der Waals surface area contributed by atoms with Gasteiger partial charge in [0, 0.05) is 15.2 Å². The number of hydrogen-bond acceptors (Lipinski definition) is 2. The lowest BCUT2D eigenvalue weighted by Crippen LogP contribution is -1.76. The van der Waals surface area contributed by atoms with Gasteiger partial charge in [-0.1, -0.05) is 33.2 Å². The number of halogens is 2. The van der Waals surface area contributed by atoms with E-state index in [-0.39, 0.29) is 0 Å². The van der Waals surface area contributed by atoms with Crippen molar-refractivity contribution in [2.24, 2.45) is 0 Å². The monoisotopic (exact) mass is 363 g/mol. The van der Waals surface area contributed by atoms with Gasteiger partial charge in [0.05, 0.1) is 5.33 Å². The minimum absolute atomic E-state index is 0.699. The standard InChI is InChI=1S/C10H7BrINO/c11-6-9-5-10(13-14-9)7-1-3-8(12)4-2-7/h1-5H,6H2. The smallest absolute Gasteiger partial charge is 0.147 e. The molecule has 0 aliphatic heterocycles. The molecule has 1 aromatic carbocycles. The highest BCUT2D eigenvalue weighted by molar-refractivity contribution is 14.1. The van der Waals surface area contributed by atoms with E-state index in [1.165, 1.54) is 3.57 Å². The van der Waals surface area contributed by atoms with E-state index >= 15 is 0 Å². The maximum Gasteiger partial charge on any atom is 0.147 e. The Kier molecular flexibility index (Phi) is 3.22. The Morgan fingerprint density at radius 3 is 2.57 bits per heavy atom. The third kappa shape index (κ3) is 2.17. The molecule has 0 radical (unpaired) electrons. The third-order valence-corrected chi connectivity index (χ3v) is 3.10. The third-order valence-electron chi connectivity index (χ3n) is 1.83. The summed E-state index contributed by atoms with van der Waals surface area (Å²) < 4.78 is 6.32. The zero-order chi connectivity index (χ0) is 9.97. The van der Waals surface area contributed by atoms with Crippen LogP contribution in [0.4, 0.5) is 0 Å². The molecule has 0 bridgehead atoms. The van der Waals surface area contributed by atoms with Gasteiger partial charge >= 0.3 is 0 Å². The van der Waals surface area contributed by atoms with E-state index < -0.39 is 0 Å². The predicted molar refractivity (Wildman–Crippen MR) is 67.3 cm³/mol. The lowest BCUT2D eigenvalue weighted by Gasteiger charge is -1.94. The van der Waals surface area contributed by atoms with Gasteiger partial charge in [0.1, 0.15) is 11.5 Å². The molecule has 14 heavy (non-hydrogen) atoms. The molecule has 2 aromatic rings. The molecule has 0 atom stereocenters. The van der Waals surface area contributed by atoms with Gasteiger partial charge in [-0.15, -0.1) is 0 Å². The molecule has 72 valence electrons. The van der Waals surface area contributed by atoms with Crippen molar-refractivity contribution in [1.82, 2.24) is 5.16 Å². The first kappa shape index (κ1) is 10.2. The Labute approximate surface area is 104 Å². The lowest BCUT2D eigenvalue weighted by atomic mass is 10.1. The van der Waals surface area contributed by atoms with Crippen LogP contribution in [0, 0.1) is 3.57 Å². The minimum Gasteiger partial charge on any atom is -0.360 e. The first-order valence-corrected chi connectivity index (χ1v) is 6.27. The van der Waals surface area contributed by atoms with E-state index in [9.17, 15) is 0 Å². The van der Waals surface area contributed by atoms with Gasteiger partial charge in [0.25, 0.3) is 0 Å². The summed E-state index contributed by atoms with van der Waals surface area (Å²) in [4.78, 5) is 0. The van der Waals surface area contributed by atoms with E-state index in [1.807, 2.05) is 18.2 Å². The second-order valence-electron chi connectivity index (χ2n) is 2.82. The van der Waals surface area contributed by atoms with Crippen molar-refractivity contribution in [3.63, 3.8) is 0 Å². The van der Waals surface area contributed by atoms with E-state index in [1.54, 1.807) is 0 Å². The summed E-state index contributed by atoms with van der Waals surface area (Å²) >= 11 is 5.60. The quantitative estimate of drug-likeness (QED) is 0.598. The van der Waals surface area contributed by atoms with Crippen LogP contribution in [-0.2, 0) is 5.33 Å². The molecule has 0 fully saturated rings. The molecule has 0 aliphatic carbocycles. The van der Waals surface area contributed by atoms with Crippen LogP contribution in [-0.4, -0.2) is 5.16 Å². The average molecular weight is 364 g/mol. The van der Waals surface area contributed by atoms with Crippen LogP contribution in [0.3, 0.4) is 0 Å². The number of aromatic nitrogens is 1. The van der Waals surface area contributed by atoms with Gasteiger partial charge in [-0.25, -0.2) is 0 Å². The summed E-state index contributed by atoms with van der Waals surface area (Å²) in [6.45, 7) is 0. The van der Waals surface area contributed by atoms with E-state index in [0.29, 0.717) is 5.33 Å². The summed E-state index contributed by atoms with van der Waals surface area (Å²) in [5.74, 6) is 0.846. The van der Waals surface area contributed by atoms with Crippen LogP contribution in [0.25, 0.3) is 11.3 Å². The minimum atomic E-state index is 0.699. The number of benzene rings is 1. The van der Waals surface area contributed by atoms with Crippen LogP contribution < -0.4 is 0 Å². The topological polar surface area (TPSA) is 26.0 Å².